The van der Waals surface area contributed by atoms with Crippen molar-refractivity contribution in [3.8, 4) is 11.5 Å². The maximum Gasteiger partial charge on any atom is 0.341 e. The summed E-state index contributed by atoms with van der Waals surface area (Å²) in [6.07, 6.45) is 0.698. The van der Waals surface area contributed by atoms with Gasteiger partial charge < -0.3 is 19.9 Å². The number of rotatable bonds is 13. The molecule has 1 heterocycles. The van der Waals surface area contributed by atoms with Crippen LogP contribution in [0.25, 0.3) is 10.2 Å². The lowest BCUT2D eigenvalue weighted by Crippen LogP contribution is -2.15. The molecule has 0 saturated carbocycles. The number of halogens is 2. The van der Waals surface area contributed by atoms with E-state index in [9.17, 15) is 18.0 Å². The van der Waals surface area contributed by atoms with Gasteiger partial charge in [-0.1, -0.05) is 41.4 Å². The zero-order chi connectivity index (χ0) is 32.0. The zero-order valence-corrected chi connectivity index (χ0v) is 26.7. The van der Waals surface area contributed by atoms with E-state index in [0.29, 0.717) is 39.7 Å². The molecule has 0 bridgehead atoms. The van der Waals surface area contributed by atoms with E-state index in [0.717, 1.165) is 15.3 Å². The van der Waals surface area contributed by atoms with Crippen LogP contribution in [-0.4, -0.2) is 42.7 Å². The largest absolute Gasteiger partial charge is 0.486 e. The number of carboxylic acids is 1. The quantitative estimate of drug-likeness (QED) is 0.132. The van der Waals surface area contributed by atoms with E-state index >= 15 is 0 Å². The van der Waals surface area contributed by atoms with Crippen LogP contribution in [0.2, 0.25) is 10.0 Å². The molecule has 1 aromatic heterocycles. The third-order valence-corrected chi connectivity index (χ3v) is 9.93. The lowest BCUT2D eigenvalue weighted by atomic mass is 10.1. The van der Waals surface area contributed by atoms with Crippen LogP contribution >= 0.6 is 34.5 Å². The number of aliphatic carboxylic acids is 1. The van der Waals surface area contributed by atoms with Gasteiger partial charge in [-0.05, 0) is 85.1 Å². The maximum absolute atomic E-state index is 13.3. The van der Waals surface area contributed by atoms with Gasteiger partial charge in [-0.25, -0.2) is 18.2 Å². The first-order chi connectivity index (χ1) is 21.6. The molecule has 45 heavy (non-hydrogen) atoms. The number of thiazole rings is 1. The summed E-state index contributed by atoms with van der Waals surface area (Å²) in [5.41, 5.74) is 1.98. The number of fused-ring (bicyclic) bond motifs is 1. The maximum atomic E-state index is 13.3. The van der Waals surface area contributed by atoms with Gasteiger partial charge in [0.05, 0.1) is 26.1 Å². The molecule has 1 amide bonds. The van der Waals surface area contributed by atoms with E-state index in [4.69, 9.17) is 37.8 Å². The molecule has 4 aromatic carbocycles. The van der Waals surface area contributed by atoms with Crippen molar-refractivity contribution in [2.24, 2.45) is 0 Å². The minimum absolute atomic E-state index is 0.0928. The number of ether oxygens (including phenoxy) is 2. The molecule has 0 aliphatic heterocycles. The number of amides is 1. The number of carboxylic acid groups (broad SMARTS) is 1. The Morgan fingerprint density at radius 3 is 2.47 bits per heavy atom. The van der Waals surface area contributed by atoms with Gasteiger partial charge in [-0.15, -0.1) is 11.3 Å². The van der Waals surface area contributed by atoms with Crippen molar-refractivity contribution in [1.29, 1.82) is 0 Å². The summed E-state index contributed by atoms with van der Waals surface area (Å²) in [5.74, 6) is -1.14. The van der Waals surface area contributed by atoms with Gasteiger partial charge in [0.1, 0.15) is 28.6 Å². The summed E-state index contributed by atoms with van der Waals surface area (Å²) in [7, 11) is -3.51. The first-order valence-corrected chi connectivity index (χ1v) is 16.8. The van der Waals surface area contributed by atoms with E-state index < -0.39 is 28.3 Å². The second-order valence-electron chi connectivity index (χ2n) is 9.85. The topological polar surface area (TPSA) is 132 Å². The van der Waals surface area contributed by atoms with Crippen LogP contribution in [0.4, 0.5) is 5.69 Å². The van der Waals surface area contributed by atoms with E-state index in [2.05, 4.69) is 10.3 Å². The number of carbonyl (C=O) groups excluding carboxylic acids is 1. The number of aromatic nitrogens is 1. The van der Waals surface area contributed by atoms with Crippen molar-refractivity contribution in [3.63, 3.8) is 0 Å². The number of sulfone groups is 1. The molecule has 9 nitrogen and oxygen atoms in total. The molecule has 5 aromatic rings. The molecule has 0 fully saturated rings. The van der Waals surface area contributed by atoms with Gasteiger partial charge in [-0.3, -0.25) is 4.79 Å². The summed E-state index contributed by atoms with van der Waals surface area (Å²) in [6.45, 7) is -0.425. The molecule has 0 unspecified atom stereocenters. The Morgan fingerprint density at radius 1 is 0.933 bits per heavy atom. The molecular formula is C32H26Cl2N2O7S2. The SMILES string of the molecule is O=C(O)COc1ccc(CCCS(=O)(=O)c2ccc(Cl)cc2)cc1NC(=O)c1cccc(OCc2nc3c(Cl)cccc3s2)c1. The molecule has 0 saturated heterocycles. The fourth-order valence-corrected chi connectivity index (χ4v) is 7.03. The molecule has 13 heteroatoms. The van der Waals surface area contributed by atoms with E-state index in [1.165, 1.54) is 35.6 Å². The molecule has 0 atom stereocenters. The smallest absolute Gasteiger partial charge is 0.341 e. The third kappa shape index (κ3) is 8.52. The van der Waals surface area contributed by atoms with Crippen LogP contribution in [-0.2, 0) is 27.7 Å². The van der Waals surface area contributed by atoms with Crippen molar-refractivity contribution in [2.75, 3.05) is 17.7 Å². The molecule has 2 N–H and O–H groups in total. The Balaban J connectivity index is 1.26. The van der Waals surface area contributed by atoms with Gasteiger partial charge in [0, 0.05) is 10.6 Å². The Morgan fingerprint density at radius 2 is 1.71 bits per heavy atom. The van der Waals surface area contributed by atoms with Gasteiger partial charge in [0.25, 0.3) is 5.91 Å². The molecule has 0 spiro atoms. The Hall–Kier alpha value is -4.16. The second-order valence-corrected chi connectivity index (χ2v) is 13.9. The fourth-order valence-electron chi connectivity index (χ4n) is 4.41. The Labute approximate surface area is 273 Å². The fraction of sp³-hybridized carbons (Fsp3) is 0.156. The monoisotopic (exact) mass is 684 g/mol. The molecule has 0 aliphatic carbocycles. The predicted molar refractivity (Wildman–Crippen MR) is 175 cm³/mol. The Bertz CT molecular complexity index is 1960. The molecular weight excluding hydrogens is 659 g/mol. The summed E-state index contributed by atoms with van der Waals surface area (Å²) in [5, 5.41) is 13.6. The average molecular weight is 686 g/mol. The number of nitrogens with one attached hydrogen (secondary N) is 1. The highest BCUT2D eigenvalue weighted by Crippen LogP contribution is 2.30. The standard InChI is InChI=1S/C32H26Cl2N2O7S2/c33-22-10-12-24(13-11-22)45(40,41)15-3-4-20-9-14-27(43-19-30(37)38)26(16-20)35-32(39)21-5-1-6-23(17-21)42-18-29-36-31-25(34)7-2-8-28(31)44-29/h1-2,5-14,16-17H,3-4,15,18-19H2,(H,35,39)(H,37,38). The number of benzene rings is 4. The molecule has 5 rings (SSSR count). The summed E-state index contributed by atoms with van der Waals surface area (Å²) >= 11 is 13.6. The number of nitrogens with zero attached hydrogens (tertiary/aromatic N) is 1. The number of carbonyl (C=O) groups is 2. The van der Waals surface area contributed by atoms with Crippen LogP contribution in [0, 0.1) is 0 Å². The Kier molecular flexibility index (Phi) is 10.2. The first kappa shape index (κ1) is 32.2. The van der Waals surface area contributed by atoms with Gasteiger partial charge in [0.15, 0.2) is 16.4 Å². The van der Waals surface area contributed by atoms with Gasteiger partial charge >= 0.3 is 5.97 Å². The van der Waals surface area contributed by atoms with Crippen LogP contribution in [0.15, 0.2) is 89.8 Å². The summed E-state index contributed by atoms with van der Waals surface area (Å²) < 4.78 is 37.7. The molecule has 0 aliphatic rings. The predicted octanol–water partition coefficient (Wildman–Crippen LogP) is 7.30. The molecule has 232 valence electrons. The lowest BCUT2D eigenvalue weighted by molar-refractivity contribution is -0.139. The van der Waals surface area contributed by atoms with Crippen LogP contribution < -0.4 is 14.8 Å². The average Bonchev–Trinajstić information content (AvgIpc) is 3.44. The van der Waals surface area contributed by atoms with Crippen molar-refractivity contribution < 1.29 is 32.6 Å². The number of aryl methyl sites for hydroxylation is 1. The van der Waals surface area contributed by atoms with Crippen LogP contribution in [0.3, 0.4) is 0 Å². The van der Waals surface area contributed by atoms with Crippen molar-refractivity contribution in [2.45, 2.75) is 24.3 Å². The summed E-state index contributed by atoms with van der Waals surface area (Å²) in [6, 6.07) is 23.0. The van der Waals surface area contributed by atoms with Crippen molar-refractivity contribution in [3.05, 3.63) is 111 Å². The number of para-hydroxylation sites is 1. The van der Waals surface area contributed by atoms with Crippen LogP contribution in [0.1, 0.15) is 27.3 Å². The van der Waals surface area contributed by atoms with E-state index in [-0.39, 0.29) is 28.7 Å². The summed E-state index contributed by atoms with van der Waals surface area (Å²) in [4.78, 5) is 29.1. The van der Waals surface area contributed by atoms with E-state index in [1.54, 1.807) is 48.5 Å². The number of hydrogen-bond donors (Lipinski definition) is 2. The number of hydrogen-bond acceptors (Lipinski definition) is 8. The van der Waals surface area contributed by atoms with Gasteiger partial charge in [0.2, 0.25) is 0 Å². The van der Waals surface area contributed by atoms with Crippen molar-refractivity contribution in [1.82, 2.24) is 4.98 Å². The van der Waals surface area contributed by atoms with Gasteiger partial charge in [-0.2, -0.15) is 0 Å². The second kappa shape index (κ2) is 14.3. The molecule has 0 radical (unpaired) electrons. The van der Waals surface area contributed by atoms with Crippen LogP contribution in [0.5, 0.6) is 11.5 Å². The highest BCUT2D eigenvalue weighted by atomic mass is 35.5. The minimum Gasteiger partial charge on any atom is -0.486 e. The normalized spacial score (nSPS) is 11.3. The van der Waals surface area contributed by atoms with Crippen molar-refractivity contribution >= 4 is 72.2 Å². The first-order valence-electron chi connectivity index (χ1n) is 13.6. The zero-order valence-electron chi connectivity index (χ0n) is 23.5. The van der Waals surface area contributed by atoms with E-state index in [1.807, 2.05) is 12.1 Å². The number of anilines is 1. The minimum atomic E-state index is -3.51. The highest BCUT2D eigenvalue weighted by molar-refractivity contribution is 7.91. The third-order valence-electron chi connectivity index (χ3n) is 6.57. The highest BCUT2D eigenvalue weighted by Gasteiger charge is 2.16. The lowest BCUT2D eigenvalue weighted by Gasteiger charge is -2.14.